The van der Waals surface area contributed by atoms with Gasteiger partial charge in [0.2, 0.25) is 0 Å². The van der Waals surface area contributed by atoms with E-state index >= 15 is 0 Å². The van der Waals surface area contributed by atoms with Crippen molar-refractivity contribution in [2.45, 2.75) is 12.3 Å². The van der Waals surface area contributed by atoms with E-state index in [4.69, 9.17) is 5.26 Å². The first-order chi connectivity index (χ1) is 10.2. The summed E-state index contributed by atoms with van der Waals surface area (Å²) in [7, 11) is 0. The normalized spacial score (nSPS) is 9.90. The van der Waals surface area contributed by atoms with E-state index in [2.05, 4.69) is 17.6 Å². The van der Waals surface area contributed by atoms with Gasteiger partial charge in [-0.25, -0.2) is 0 Å². The fourth-order valence-electron chi connectivity index (χ4n) is 1.90. The Kier molecular flexibility index (Phi) is 5.42. The second-order valence-electron chi connectivity index (χ2n) is 4.62. The monoisotopic (exact) mass is 296 g/mol. The SMILES string of the molecule is CSCc1ccc(C(=O)NCc2ccc(C#N)cc2)cc1. The minimum absolute atomic E-state index is 0.0879. The summed E-state index contributed by atoms with van der Waals surface area (Å²) in [5.41, 5.74) is 3.47. The summed E-state index contributed by atoms with van der Waals surface area (Å²) >= 11 is 1.76. The van der Waals surface area contributed by atoms with Gasteiger partial charge in [-0.3, -0.25) is 4.79 Å². The number of nitrogens with one attached hydrogen (secondary N) is 1. The Labute approximate surface area is 129 Å². The zero-order chi connectivity index (χ0) is 15.1. The van der Waals surface area contributed by atoms with Crippen LogP contribution in [0.1, 0.15) is 27.0 Å². The number of nitriles is 1. The number of carbonyl (C=O) groups is 1. The number of hydrogen-bond donors (Lipinski definition) is 1. The molecule has 1 N–H and O–H groups in total. The van der Waals surface area contributed by atoms with Gasteiger partial charge in [0.15, 0.2) is 0 Å². The van der Waals surface area contributed by atoms with Crippen molar-refractivity contribution in [1.29, 1.82) is 5.26 Å². The molecule has 0 atom stereocenters. The van der Waals surface area contributed by atoms with Crippen LogP contribution in [0.25, 0.3) is 0 Å². The van der Waals surface area contributed by atoms with Crippen LogP contribution in [0.5, 0.6) is 0 Å². The highest BCUT2D eigenvalue weighted by Gasteiger charge is 2.05. The molecule has 4 heteroatoms. The van der Waals surface area contributed by atoms with Gasteiger partial charge < -0.3 is 5.32 Å². The lowest BCUT2D eigenvalue weighted by Crippen LogP contribution is -2.22. The maximum Gasteiger partial charge on any atom is 0.251 e. The summed E-state index contributed by atoms with van der Waals surface area (Å²) < 4.78 is 0. The molecule has 3 nitrogen and oxygen atoms in total. The summed E-state index contributed by atoms with van der Waals surface area (Å²) in [6.07, 6.45) is 2.05. The van der Waals surface area contributed by atoms with Crippen LogP contribution in [0.15, 0.2) is 48.5 Å². The lowest BCUT2D eigenvalue weighted by Gasteiger charge is -2.06. The number of amides is 1. The average molecular weight is 296 g/mol. The van der Waals surface area contributed by atoms with Crippen LogP contribution in [0.2, 0.25) is 0 Å². The van der Waals surface area contributed by atoms with Crippen LogP contribution in [0, 0.1) is 11.3 Å². The fraction of sp³-hybridized carbons (Fsp3) is 0.176. The minimum atomic E-state index is -0.0879. The average Bonchev–Trinajstić information content (AvgIpc) is 2.54. The summed E-state index contributed by atoms with van der Waals surface area (Å²) in [5, 5.41) is 11.6. The van der Waals surface area contributed by atoms with Crippen molar-refractivity contribution in [3.63, 3.8) is 0 Å². The Hall–Kier alpha value is -2.25. The number of rotatable bonds is 5. The smallest absolute Gasteiger partial charge is 0.251 e. The molecule has 0 aliphatic rings. The minimum Gasteiger partial charge on any atom is -0.348 e. The van der Waals surface area contributed by atoms with Gasteiger partial charge in [0.1, 0.15) is 0 Å². The molecule has 0 aliphatic carbocycles. The van der Waals surface area contributed by atoms with Crippen LogP contribution < -0.4 is 5.32 Å². The Balaban J connectivity index is 1.93. The first-order valence-electron chi connectivity index (χ1n) is 6.58. The van der Waals surface area contributed by atoms with E-state index in [1.54, 1.807) is 23.9 Å². The van der Waals surface area contributed by atoms with Crippen molar-refractivity contribution in [1.82, 2.24) is 5.32 Å². The molecule has 106 valence electrons. The van der Waals surface area contributed by atoms with Gasteiger partial charge in [-0.1, -0.05) is 24.3 Å². The predicted octanol–water partition coefficient (Wildman–Crippen LogP) is 3.35. The zero-order valence-corrected chi connectivity index (χ0v) is 12.6. The number of benzene rings is 2. The van der Waals surface area contributed by atoms with Gasteiger partial charge >= 0.3 is 0 Å². The second-order valence-corrected chi connectivity index (χ2v) is 5.49. The molecule has 0 spiro atoms. The standard InChI is InChI=1S/C17H16N2OS/c1-21-12-15-6-8-16(9-7-15)17(20)19-11-14-4-2-13(10-18)3-5-14/h2-9H,11-12H2,1H3,(H,19,20). The number of thioether (sulfide) groups is 1. The van der Waals surface area contributed by atoms with Gasteiger partial charge in [0.05, 0.1) is 11.6 Å². The van der Waals surface area contributed by atoms with E-state index in [-0.39, 0.29) is 5.91 Å². The van der Waals surface area contributed by atoms with Crippen LogP contribution in [0.3, 0.4) is 0 Å². The molecule has 0 fully saturated rings. The molecular formula is C17H16N2OS. The van der Waals surface area contributed by atoms with E-state index in [0.29, 0.717) is 17.7 Å². The second kappa shape index (κ2) is 7.51. The van der Waals surface area contributed by atoms with Crippen molar-refractivity contribution < 1.29 is 4.79 Å². The Morgan fingerprint density at radius 2 is 1.71 bits per heavy atom. The predicted molar refractivity (Wildman–Crippen MR) is 86.0 cm³/mol. The molecule has 0 saturated carbocycles. The Bertz CT molecular complexity index is 642. The number of nitrogens with zero attached hydrogens (tertiary/aromatic N) is 1. The van der Waals surface area contributed by atoms with Crippen molar-refractivity contribution >= 4 is 17.7 Å². The highest BCUT2D eigenvalue weighted by molar-refractivity contribution is 7.97. The molecular weight excluding hydrogens is 280 g/mol. The quantitative estimate of drug-likeness (QED) is 0.920. The van der Waals surface area contributed by atoms with E-state index in [9.17, 15) is 4.79 Å². The molecule has 0 unspecified atom stereocenters. The molecule has 0 aliphatic heterocycles. The third-order valence-electron chi connectivity index (χ3n) is 3.06. The third-order valence-corrected chi connectivity index (χ3v) is 3.69. The molecule has 0 saturated heterocycles. The van der Waals surface area contributed by atoms with E-state index in [1.165, 1.54) is 5.56 Å². The molecule has 2 aromatic carbocycles. The highest BCUT2D eigenvalue weighted by Crippen LogP contribution is 2.11. The Morgan fingerprint density at radius 1 is 1.10 bits per heavy atom. The van der Waals surface area contributed by atoms with Crippen LogP contribution >= 0.6 is 11.8 Å². The molecule has 2 aromatic rings. The lowest BCUT2D eigenvalue weighted by atomic mass is 10.1. The van der Waals surface area contributed by atoms with Gasteiger partial charge in [-0.05, 0) is 41.6 Å². The van der Waals surface area contributed by atoms with Gasteiger partial charge in [0.25, 0.3) is 5.91 Å². The maximum atomic E-state index is 12.0. The van der Waals surface area contributed by atoms with Crippen molar-refractivity contribution in [3.8, 4) is 6.07 Å². The summed E-state index contributed by atoms with van der Waals surface area (Å²) in [6, 6.07) is 16.9. The van der Waals surface area contributed by atoms with Gasteiger partial charge in [-0.2, -0.15) is 17.0 Å². The van der Waals surface area contributed by atoms with E-state index in [1.807, 2.05) is 36.4 Å². The van der Waals surface area contributed by atoms with Crippen LogP contribution in [0.4, 0.5) is 0 Å². The van der Waals surface area contributed by atoms with Crippen molar-refractivity contribution in [3.05, 3.63) is 70.8 Å². The maximum absolute atomic E-state index is 12.0. The zero-order valence-electron chi connectivity index (χ0n) is 11.8. The number of carbonyl (C=O) groups excluding carboxylic acids is 1. The lowest BCUT2D eigenvalue weighted by molar-refractivity contribution is 0.0951. The first-order valence-corrected chi connectivity index (χ1v) is 7.97. The highest BCUT2D eigenvalue weighted by atomic mass is 32.2. The molecule has 0 bridgehead atoms. The third kappa shape index (κ3) is 4.37. The Morgan fingerprint density at radius 3 is 2.29 bits per heavy atom. The van der Waals surface area contributed by atoms with Crippen molar-refractivity contribution in [2.75, 3.05) is 6.26 Å². The molecule has 0 radical (unpaired) electrons. The van der Waals surface area contributed by atoms with E-state index < -0.39 is 0 Å². The summed E-state index contributed by atoms with van der Waals surface area (Å²) in [4.78, 5) is 12.0. The summed E-state index contributed by atoms with van der Waals surface area (Å²) in [5.74, 6) is 0.864. The molecule has 2 rings (SSSR count). The van der Waals surface area contributed by atoms with E-state index in [0.717, 1.165) is 11.3 Å². The van der Waals surface area contributed by atoms with Crippen molar-refractivity contribution in [2.24, 2.45) is 0 Å². The fourth-order valence-corrected chi connectivity index (χ4v) is 2.43. The summed E-state index contributed by atoms with van der Waals surface area (Å²) in [6.45, 7) is 0.455. The molecule has 0 heterocycles. The van der Waals surface area contributed by atoms with Gasteiger partial charge in [0, 0.05) is 17.9 Å². The molecule has 21 heavy (non-hydrogen) atoms. The van der Waals surface area contributed by atoms with Crippen LogP contribution in [-0.4, -0.2) is 12.2 Å². The first kappa shape index (κ1) is 15.1. The number of hydrogen-bond acceptors (Lipinski definition) is 3. The largest absolute Gasteiger partial charge is 0.348 e. The molecule has 1 amide bonds. The topological polar surface area (TPSA) is 52.9 Å². The van der Waals surface area contributed by atoms with Gasteiger partial charge in [-0.15, -0.1) is 0 Å². The molecule has 0 aromatic heterocycles. The van der Waals surface area contributed by atoms with Crippen LogP contribution in [-0.2, 0) is 12.3 Å².